The van der Waals surface area contributed by atoms with E-state index in [0.717, 1.165) is 17.2 Å². The number of thiazole rings is 1. The van der Waals surface area contributed by atoms with Crippen LogP contribution in [0.1, 0.15) is 21.9 Å². The highest BCUT2D eigenvalue weighted by Crippen LogP contribution is 2.19. The van der Waals surface area contributed by atoms with E-state index in [1.807, 2.05) is 32.8 Å². The third-order valence-electron chi connectivity index (χ3n) is 4.19. The van der Waals surface area contributed by atoms with Crippen molar-refractivity contribution in [3.8, 4) is 5.69 Å². The molecule has 1 amide bonds. The maximum atomic E-state index is 12.5. The van der Waals surface area contributed by atoms with Crippen molar-refractivity contribution in [1.82, 2.24) is 29.3 Å². The van der Waals surface area contributed by atoms with Crippen LogP contribution in [0.3, 0.4) is 0 Å². The Labute approximate surface area is 175 Å². The van der Waals surface area contributed by atoms with E-state index in [2.05, 4.69) is 32.1 Å². The van der Waals surface area contributed by atoms with Gasteiger partial charge in [0.05, 0.1) is 18.4 Å². The first-order chi connectivity index (χ1) is 14.1. The summed E-state index contributed by atoms with van der Waals surface area (Å²) in [6, 6.07) is 7.27. The molecule has 1 aromatic carbocycles. The summed E-state index contributed by atoms with van der Waals surface area (Å²) in [6.45, 7) is 4.31. The molecule has 3 heterocycles. The minimum Gasteiger partial charge on any atom is -0.306 e. The molecule has 0 aliphatic rings. The minimum absolute atomic E-state index is 0.211. The number of aromatic nitrogens is 6. The molecule has 8 nitrogen and oxygen atoms in total. The van der Waals surface area contributed by atoms with Crippen LogP contribution >= 0.6 is 23.6 Å². The maximum absolute atomic E-state index is 12.5. The molecule has 2 N–H and O–H groups in total. The summed E-state index contributed by atoms with van der Waals surface area (Å²) in [4.78, 5) is 21.0. The van der Waals surface area contributed by atoms with Crippen molar-refractivity contribution in [2.75, 3.05) is 5.32 Å². The van der Waals surface area contributed by atoms with Gasteiger partial charge in [-0.3, -0.25) is 19.8 Å². The molecule has 0 aliphatic heterocycles. The summed E-state index contributed by atoms with van der Waals surface area (Å²) in [6.07, 6.45) is 7.53. The number of benzene rings is 1. The number of allylic oxidation sites excluding steroid dienone is 1. The number of anilines is 1. The topological polar surface area (TPSA) is 93.4 Å². The number of carbonyl (C=O) groups excluding carboxylic acids is 1. The smallest absolute Gasteiger partial charge is 0.257 e. The van der Waals surface area contributed by atoms with Crippen LogP contribution in [0, 0.1) is 4.77 Å². The minimum atomic E-state index is -0.211. The average molecular weight is 424 g/mol. The second kappa shape index (κ2) is 8.33. The standard InChI is InChI=1S/C19H17N7OS2/c1-2-8-26-16(23-24-19(26)28)10-14-11-29-18(21-14)22-17(27)13-3-5-15(6-4-13)25-9-7-20-12-25/h2-7,9,11-12H,1,8,10H2,(H,24,28)(H,21,22,27). The predicted octanol–water partition coefficient (Wildman–Crippen LogP) is 3.61. The number of imidazole rings is 1. The molecule has 0 unspecified atom stereocenters. The molecule has 0 saturated heterocycles. The first-order valence-corrected chi connectivity index (χ1v) is 10.0. The molecular formula is C19H17N7OS2. The van der Waals surface area contributed by atoms with Gasteiger partial charge in [-0.1, -0.05) is 6.08 Å². The van der Waals surface area contributed by atoms with Crippen LogP contribution < -0.4 is 5.32 Å². The monoisotopic (exact) mass is 423 g/mol. The predicted molar refractivity (Wildman–Crippen MR) is 114 cm³/mol. The fourth-order valence-corrected chi connectivity index (χ4v) is 3.71. The van der Waals surface area contributed by atoms with Crippen molar-refractivity contribution in [2.24, 2.45) is 0 Å². The molecule has 0 radical (unpaired) electrons. The van der Waals surface area contributed by atoms with E-state index in [-0.39, 0.29) is 5.91 Å². The Morgan fingerprint density at radius 1 is 1.34 bits per heavy atom. The molecule has 146 valence electrons. The second-order valence-corrected chi connectivity index (χ2v) is 7.38. The van der Waals surface area contributed by atoms with Crippen LogP contribution in [-0.4, -0.2) is 35.2 Å². The SMILES string of the molecule is C=CCn1c(Cc2csc(NC(=O)c3ccc(-n4ccnc4)cc3)n2)n[nH]c1=S. The van der Waals surface area contributed by atoms with E-state index in [1.165, 1.54) is 11.3 Å². The summed E-state index contributed by atoms with van der Waals surface area (Å²) in [5, 5.41) is 12.3. The zero-order valence-electron chi connectivity index (χ0n) is 15.3. The highest BCUT2D eigenvalue weighted by Gasteiger charge is 2.12. The van der Waals surface area contributed by atoms with Crippen LogP contribution in [-0.2, 0) is 13.0 Å². The van der Waals surface area contributed by atoms with Crippen molar-refractivity contribution in [3.05, 3.63) is 82.9 Å². The quantitative estimate of drug-likeness (QED) is 0.350. The summed E-state index contributed by atoms with van der Waals surface area (Å²) >= 11 is 6.59. The van der Waals surface area contributed by atoms with Crippen LogP contribution in [0.5, 0.6) is 0 Å². The Kier molecular flexibility index (Phi) is 5.45. The number of carbonyl (C=O) groups is 1. The van der Waals surface area contributed by atoms with Gasteiger partial charge >= 0.3 is 0 Å². The number of rotatable bonds is 7. The Bertz CT molecular complexity index is 1190. The molecule has 0 spiro atoms. The Morgan fingerprint density at radius 2 is 2.17 bits per heavy atom. The van der Waals surface area contributed by atoms with Crippen LogP contribution in [0.4, 0.5) is 5.13 Å². The van der Waals surface area contributed by atoms with Crippen molar-refractivity contribution in [2.45, 2.75) is 13.0 Å². The van der Waals surface area contributed by atoms with Crippen molar-refractivity contribution < 1.29 is 4.79 Å². The number of hydrogen-bond acceptors (Lipinski definition) is 6. The van der Waals surface area contributed by atoms with E-state index in [9.17, 15) is 4.79 Å². The number of aromatic amines is 1. The molecule has 3 aromatic heterocycles. The molecule has 4 rings (SSSR count). The first kappa shape index (κ1) is 19.0. The van der Waals surface area contributed by atoms with Gasteiger partial charge in [0.15, 0.2) is 9.90 Å². The summed E-state index contributed by atoms with van der Waals surface area (Å²) in [5.74, 6) is 0.561. The van der Waals surface area contributed by atoms with Gasteiger partial charge in [-0.2, -0.15) is 5.10 Å². The van der Waals surface area contributed by atoms with Gasteiger partial charge in [0.2, 0.25) is 0 Å². The molecule has 29 heavy (non-hydrogen) atoms. The lowest BCUT2D eigenvalue weighted by Crippen LogP contribution is -2.12. The molecule has 10 heteroatoms. The Balaban J connectivity index is 1.43. The van der Waals surface area contributed by atoms with E-state index in [4.69, 9.17) is 12.2 Å². The van der Waals surface area contributed by atoms with Crippen LogP contribution in [0.25, 0.3) is 5.69 Å². The van der Waals surface area contributed by atoms with Crippen LogP contribution in [0.15, 0.2) is 61.0 Å². The largest absolute Gasteiger partial charge is 0.306 e. The van der Waals surface area contributed by atoms with Crippen LogP contribution in [0.2, 0.25) is 0 Å². The maximum Gasteiger partial charge on any atom is 0.257 e. The van der Waals surface area contributed by atoms with E-state index < -0.39 is 0 Å². The summed E-state index contributed by atoms with van der Waals surface area (Å²) in [5.41, 5.74) is 2.29. The van der Waals surface area contributed by atoms with Crippen molar-refractivity contribution in [1.29, 1.82) is 0 Å². The second-order valence-electron chi connectivity index (χ2n) is 6.14. The van der Waals surface area contributed by atoms with Gasteiger partial charge in [-0.25, -0.2) is 9.97 Å². The van der Waals surface area contributed by atoms with Gasteiger partial charge in [-0.05, 0) is 36.5 Å². The van der Waals surface area contributed by atoms with E-state index in [1.54, 1.807) is 30.7 Å². The lowest BCUT2D eigenvalue weighted by Gasteiger charge is -2.05. The van der Waals surface area contributed by atoms with Gasteiger partial charge in [-0.15, -0.1) is 17.9 Å². The third kappa shape index (κ3) is 4.23. The molecule has 0 fully saturated rings. The normalized spacial score (nSPS) is 10.8. The van der Waals surface area contributed by atoms with Crippen molar-refractivity contribution in [3.63, 3.8) is 0 Å². The molecule has 4 aromatic rings. The zero-order valence-corrected chi connectivity index (χ0v) is 16.9. The van der Waals surface area contributed by atoms with E-state index in [0.29, 0.717) is 28.4 Å². The Morgan fingerprint density at radius 3 is 2.90 bits per heavy atom. The number of amides is 1. The molecule has 0 bridgehead atoms. The number of nitrogens with one attached hydrogen (secondary N) is 2. The molecule has 0 atom stereocenters. The Hall–Kier alpha value is -3.37. The number of hydrogen-bond donors (Lipinski definition) is 2. The highest BCUT2D eigenvalue weighted by molar-refractivity contribution is 7.71. The lowest BCUT2D eigenvalue weighted by molar-refractivity contribution is 0.102. The van der Waals surface area contributed by atoms with Gasteiger partial charge in [0.1, 0.15) is 5.82 Å². The first-order valence-electron chi connectivity index (χ1n) is 8.73. The van der Waals surface area contributed by atoms with E-state index >= 15 is 0 Å². The summed E-state index contributed by atoms with van der Waals surface area (Å²) in [7, 11) is 0. The lowest BCUT2D eigenvalue weighted by atomic mass is 10.2. The average Bonchev–Trinajstić information content (AvgIpc) is 3.47. The summed E-state index contributed by atoms with van der Waals surface area (Å²) < 4.78 is 4.28. The number of nitrogens with zero attached hydrogens (tertiary/aromatic N) is 5. The fourth-order valence-electron chi connectivity index (χ4n) is 2.78. The van der Waals surface area contributed by atoms with Gasteiger partial charge in [0, 0.05) is 35.6 Å². The molecule has 0 aliphatic carbocycles. The number of H-pyrrole nitrogens is 1. The van der Waals surface area contributed by atoms with Gasteiger partial charge < -0.3 is 4.57 Å². The molecule has 0 saturated carbocycles. The fraction of sp³-hybridized carbons (Fsp3) is 0.105. The highest BCUT2D eigenvalue weighted by atomic mass is 32.1. The van der Waals surface area contributed by atoms with Crippen molar-refractivity contribution >= 4 is 34.6 Å². The molecular weight excluding hydrogens is 406 g/mol. The van der Waals surface area contributed by atoms with Gasteiger partial charge in [0.25, 0.3) is 5.91 Å². The zero-order chi connectivity index (χ0) is 20.2. The third-order valence-corrected chi connectivity index (χ3v) is 5.31.